The van der Waals surface area contributed by atoms with Crippen LogP contribution in [0.2, 0.25) is 0 Å². The number of likely N-dealkylation sites (tertiary alicyclic amines) is 1. The lowest BCUT2D eigenvalue weighted by Gasteiger charge is -2.30. The van der Waals surface area contributed by atoms with Crippen molar-refractivity contribution in [1.29, 1.82) is 0 Å². The molecule has 1 aromatic rings. The Hall–Kier alpha value is -1.02. The molecular formula is C21H34N2. The van der Waals surface area contributed by atoms with E-state index in [2.05, 4.69) is 41.1 Å². The number of rotatable bonds is 6. The highest BCUT2D eigenvalue weighted by Crippen LogP contribution is 2.27. The van der Waals surface area contributed by atoms with Crippen LogP contribution < -0.4 is 4.90 Å². The average Bonchev–Trinajstić information content (AvgIpc) is 2.62. The fourth-order valence-electron chi connectivity index (χ4n) is 4.41. The Balaban J connectivity index is 1.57. The van der Waals surface area contributed by atoms with Crippen LogP contribution in [0.4, 0.5) is 5.69 Å². The number of nitrogens with zero attached hydrogens (tertiary/aromatic N) is 2. The Bertz CT molecular complexity index is 459. The van der Waals surface area contributed by atoms with Crippen LogP contribution in [-0.4, -0.2) is 38.1 Å². The maximum Gasteiger partial charge on any atom is 0.0396 e. The summed E-state index contributed by atoms with van der Waals surface area (Å²) in [6.45, 7) is 5.08. The van der Waals surface area contributed by atoms with Gasteiger partial charge in [0.05, 0.1) is 0 Å². The highest BCUT2D eigenvalue weighted by molar-refractivity contribution is 5.53. The van der Waals surface area contributed by atoms with E-state index in [4.69, 9.17) is 0 Å². The molecule has 0 radical (unpaired) electrons. The monoisotopic (exact) mass is 314 g/mol. The number of anilines is 1. The van der Waals surface area contributed by atoms with Crippen LogP contribution in [0.5, 0.6) is 0 Å². The third kappa shape index (κ3) is 4.97. The lowest BCUT2D eigenvalue weighted by Crippen LogP contribution is -2.32. The molecule has 23 heavy (non-hydrogen) atoms. The van der Waals surface area contributed by atoms with Gasteiger partial charge in [0, 0.05) is 25.8 Å². The molecule has 1 saturated carbocycles. The largest absolute Gasteiger partial charge is 0.374 e. The van der Waals surface area contributed by atoms with Crippen LogP contribution in [0.15, 0.2) is 24.3 Å². The van der Waals surface area contributed by atoms with Crippen molar-refractivity contribution >= 4 is 5.69 Å². The number of para-hydroxylation sites is 1. The Morgan fingerprint density at radius 3 is 2.43 bits per heavy atom. The summed E-state index contributed by atoms with van der Waals surface area (Å²) in [5, 5.41) is 0. The van der Waals surface area contributed by atoms with E-state index in [0.29, 0.717) is 0 Å². The molecule has 2 heteroatoms. The Morgan fingerprint density at radius 1 is 0.957 bits per heavy atom. The number of hydrogen-bond acceptors (Lipinski definition) is 2. The van der Waals surface area contributed by atoms with Crippen molar-refractivity contribution in [2.24, 2.45) is 5.92 Å². The highest BCUT2D eigenvalue weighted by atomic mass is 15.1. The molecule has 2 nitrogen and oxygen atoms in total. The summed E-state index contributed by atoms with van der Waals surface area (Å²) < 4.78 is 0. The molecule has 0 bridgehead atoms. The van der Waals surface area contributed by atoms with Gasteiger partial charge in [-0.15, -0.1) is 0 Å². The molecule has 1 aliphatic carbocycles. The second kappa shape index (κ2) is 8.73. The van der Waals surface area contributed by atoms with Gasteiger partial charge in [0.25, 0.3) is 0 Å². The fraction of sp³-hybridized carbons (Fsp3) is 0.714. The summed E-state index contributed by atoms with van der Waals surface area (Å²) in [4.78, 5) is 5.18. The molecule has 0 aromatic heterocycles. The second-order valence-electron chi connectivity index (χ2n) is 7.67. The predicted molar refractivity (Wildman–Crippen MR) is 100 cm³/mol. The zero-order valence-electron chi connectivity index (χ0n) is 15.0. The molecule has 0 N–H and O–H groups in total. The summed E-state index contributed by atoms with van der Waals surface area (Å²) in [6.07, 6.45) is 12.6. The SMILES string of the molecule is CN(CC1CCCCC1)c1ccccc1CCN1CCCCC1. The summed E-state index contributed by atoms with van der Waals surface area (Å²) in [7, 11) is 2.30. The smallest absolute Gasteiger partial charge is 0.0396 e. The minimum Gasteiger partial charge on any atom is -0.374 e. The summed E-state index contributed by atoms with van der Waals surface area (Å²) in [5.74, 6) is 0.906. The number of benzene rings is 1. The third-order valence-corrected chi connectivity index (χ3v) is 5.81. The standard InChI is InChI=1S/C21H34N2/c1-22(18-19-10-4-2-5-11-19)21-13-7-6-12-20(21)14-17-23-15-8-3-9-16-23/h6-7,12-13,19H,2-5,8-11,14-18H2,1H3. The van der Waals surface area contributed by atoms with Crippen LogP contribution >= 0.6 is 0 Å². The van der Waals surface area contributed by atoms with E-state index in [9.17, 15) is 0 Å². The normalized spacial score (nSPS) is 20.6. The van der Waals surface area contributed by atoms with Gasteiger partial charge in [0.1, 0.15) is 0 Å². The molecule has 2 fully saturated rings. The molecule has 1 heterocycles. The van der Waals surface area contributed by atoms with Crippen LogP contribution in [-0.2, 0) is 6.42 Å². The van der Waals surface area contributed by atoms with Crippen LogP contribution in [0.3, 0.4) is 0 Å². The minimum absolute atomic E-state index is 0.906. The highest BCUT2D eigenvalue weighted by Gasteiger charge is 2.17. The minimum atomic E-state index is 0.906. The van der Waals surface area contributed by atoms with Crippen molar-refractivity contribution in [1.82, 2.24) is 4.90 Å². The molecule has 0 spiro atoms. The first-order chi connectivity index (χ1) is 11.3. The second-order valence-corrected chi connectivity index (χ2v) is 7.67. The van der Waals surface area contributed by atoms with Gasteiger partial charge < -0.3 is 9.80 Å². The average molecular weight is 315 g/mol. The molecule has 1 aromatic carbocycles. The van der Waals surface area contributed by atoms with E-state index in [0.717, 1.165) is 5.92 Å². The van der Waals surface area contributed by atoms with E-state index in [-0.39, 0.29) is 0 Å². The van der Waals surface area contributed by atoms with Gasteiger partial charge in [0.15, 0.2) is 0 Å². The van der Waals surface area contributed by atoms with E-state index in [1.54, 1.807) is 0 Å². The topological polar surface area (TPSA) is 6.48 Å². The first kappa shape index (κ1) is 16.8. The van der Waals surface area contributed by atoms with Gasteiger partial charge in [-0.3, -0.25) is 0 Å². The molecule has 0 unspecified atom stereocenters. The molecule has 0 amide bonds. The Labute approximate surface area is 142 Å². The van der Waals surface area contributed by atoms with Gasteiger partial charge in [-0.05, 0) is 62.7 Å². The van der Waals surface area contributed by atoms with Gasteiger partial charge in [0.2, 0.25) is 0 Å². The molecule has 1 saturated heterocycles. The van der Waals surface area contributed by atoms with Gasteiger partial charge in [-0.25, -0.2) is 0 Å². The maximum absolute atomic E-state index is 2.65. The summed E-state index contributed by atoms with van der Waals surface area (Å²) >= 11 is 0. The van der Waals surface area contributed by atoms with E-state index in [1.807, 2.05) is 0 Å². The van der Waals surface area contributed by atoms with Crippen molar-refractivity contribution < 1.29 is 0 Å². The van der Waals surface area contributed by atoms with Crippen molar-refractivity contribution in [3.8, 4) is 0 Å². The number of piperidine rings is 1. The van der Waals surface area contributed by atoms with Gasteiger partial charge in [-0.1, -0.05) is 43.9 Å². The fourth-order valence-corrected chi connectivity index (χ4v) is 4.41. The molecule has 1 aliphatic heterocycles. The molecule has 3 rings (SSSR count). The van der Waals surface area contributed by atoms with Crippen molar-refractivity contribution in [3.63, 3.8) is 0 Å². The van der Waals surface area contributed by atoms with Gasteiger partial charge >= 0.3 is 0 Å². The Kier molecular flexibility index (Phi) is 6.38. The summed E-state index contributed by atoms with van der Waals surface area (Å²) in [5.41, 5.74) is 3.01. The molecular weight excluding hydrogens is 280 g/mol. The van der Waals surface area contributed by atoms with Crippen LogP contribution in [0.1, 0.15) is 56.9 Å². The molecule has 0 atom stereocenters. The van der Waals surface area contributed by atoms with E-state index < -0.39 is 0 Å². The lowest BCUT2D eigenvalue weighted by atomic mass is 9.89. The van der Waals surface area contributed by atoms with Crippen molar-refractivity contribution in [3.05, 3.63) is 29.8 Å². The van der Waals surface area contributed by atoms with Crippen molar-refractivity contribution in [2.75, 3.05) is 38.1 Å². The number of hydrogen-bond donors (Lipinski definition) is 0. The molecule has 2 aliphatic rings. The van der Waals surface area contributed by atoms with E-state index >= 15 is 0 Å². The van der Waals surface area contributed by atoms with Gasteiger partial charge in [-0.2, -0.15) is 0 Å². The maximum atomic E-state index is 2.65. The first-order valence-electron chi connectivity index (χ1n) is 9.84. The first-order valence-corrected chi connectivity index (χ1v) is 9.84. The zero-order chi connectivity index (χ0) is 15.9. The van der Waals surface area contributed by atoms with E-state index in [1.165, 1.54) is 95.2 Å². The van der Waals surface area contributed by atoms with Crippen LogP contribution in [0.25, 0.3) is 0 Å². The Morgan fingerprint density at radius 2 is 1.65 bits per heavy atom. The van der Waals surface area contributed by atoms with Crippen LogP contribution in [0, 0.1) is 5.92 Å². The molecule has 128 valence electrons. The third-order valence-electron chi connectivity index (χ3n) is 5.81. The summed E-state index contributed by atoms with van der Waals surface area (Å²) in [6, 6.07) is 9.09. The van der Waals surface area contributed by atoms with Crippen molar-refractivity contribution in [2.45, 2.75) is 57.8 Å². The lowest BCUT2D eigenvalue weighted by molar-refractivity contribution is 0.231. The predicted octanol–water partition coefficient (Wildman–Crippen LogP) is 4.73. The zero-order valence-corrected chi connectivity index (χ0v) is 15.0. The quantitative estimate of drug-likeness (QED) is 0.749.